The highest BCUT2D eigenvalue weighted by molar-refractivity contribution is 6.01. The lowest BCUT2D eigenvalue weighted by Crippen LogP contribution is -2.18. The Balaban J connectivity index is 1.80. The van der Waals surface area contributed by atoms with E-state index >= 15 is 0 Å². The van der Waals surface area contributed by atoms with Crippen molar-refractivity contribution in [2.24, 2.45) is 5.10 Å². The van der Waals surface area contributed by atoms with Gasteiger partial charge in [-0.15, -0.1) is 0 Å². The summed E-state index contributed by atoms with van der Waals surface area (Å²) in [6, 6.07) is 11.3. The first-order chi connectivity index (χ1) is 9.75. The summed E-state index contributed by atoms with van der Waals surface area (Å²) < 4.78 is 5.08. The maximum absolute atomic E-state index is 12.1. The number of rotatable bonds is 3. The zero-order chi connectivity index (χ0) is 13.9. The molecule has 5 heteroatoms. The average Bonchev–Trinajstić information content (AvgIpc) is 3.08. The van der Waals surface area contributed by atoms with Gasteiger partial charge in [0.15, 0.2) is 0 Å². The zero-order valence-corrected chi connectivity index (χ0v) is 10.9. The van der Waals surface area contributed by atoms with Crippen LogP contribution in [0.15, 0.2) is 52.2 Å². The zero-order valence-electron chi connectivity index (χ0n) is 10.9. The molecule has 0 atom stereocenters. The molecule has 0 fully saturated rings. The number of nitrogens with one attached hydrogen (secondary N) is 2. The van der Waals surface area contributed by atoms with Crippen LogP contribution in [0.2, 0.25) is 0 Å². The molecule has 20 heavy (non-hydrogen) atoms. The molecule has 0 saturated heterocycles. The van der Waals surface area contributed by atoms with Gasteiger partial charge < -0.3 is 9.40 Å². The van der Waals surface area contributed by atoms with Crippen molar-refractivity contribution >= 4 is 23.0 Å². The van der Waals surface area contributed by atoms with E-state index in [1.54, 1.807) is 18.4 Å². The third-order valence-electron chi connectivity index (χ3n) is 3.09. The third-order valence-corrected chi connectivity index (χ3v) is 3.09. The van der Waals surface area contributed by atoms with Crippen molar-refractivity contribution in [3.63, 3.8) is 0 Å². The van der Waals surface area contributed by atoms with Crippen LogP contribution in [0.4, 0.5) is 0 Å². The second-order valence-corrected chi connectivity index (χ2v) is 4.39. The van der Waals surface area contributed by atoms with E-state index in [1.165, 1.54) is 6.21 Å². The summed E-state index contributed by atoms with van der Waals surface area (Å²) in [5, 5.41) is 4.90. The molecule has 2 heterocycles. The van der Waals surface area contributed by atoms with Gasteiger partial charge in [0.2, 0.25) is 0 Å². The van der Waals surface area contributed by atoms with Crippen LogP contribution in [0.1, 0.15) is 21.8 Å². The van der Waals surface area contributed by atoms with E-state index in [0.717, 1.165) is 16.5 Å². The molecule has 3 aromatic rings. The van der Waals surface area contributed by atoms with Gasteiger partial charge in [0, 0.05) is 10.9 Å². The van der Waals surface area contributed by atoms with Crippen LogP contribution in [-0.2, 0) is 0 Å². The summed E-state index contributed by atoms with van der Waals surface area (Å²) in [6.45, 7) is 1.91. The van der Waals surface area contributed by atoms with Crippen molar-refractivity contribution in [2.75, 3.05) is 0 Å². The van der Waals surface area contributed by atoms with Crippen LogP contribution in [0, 0.1) is 6.92 Å². The van der Waals surface area contributed by atoms with E-state index in [9.17, 15) is 4.79 Å². The molecule has 1 aromatic carbocycles. The number of carbonyl (C=O) groups excluding carboxylic acids is 1. The van der Waals surface area contributed by atoms with Crippen molar-refractivity contribution in [3.05, 3.63) is 59.7 Å². The number of hydrazone groups is 1. The Labute approximate surface area is 115 Å². The number of furan rings is 1. The first kappa shape index (κ1) is 12.2. The Hall–Kier alpha value is -2.82. The van der Waals surface area contributed by atoms with Crippen LogP contribution < -0.4 is 5.43 Å². The fourth-order valence-corrected chi connectivity index (χ4v) is 2.08. The monoisotopic (exact) mass is 267 g/mol. The SMILES string of the molecule is Cc1c(C(=O)NN=Cc2ccco2)[nH]c2ccccc12. The molecule has 1 amide bonds. The highest BCUT2D eigenvalue weighted by atomic mass is 16.3. The molecule has 0 aliphatic rings. The van der Waals surface area contributed by atoms with Crippen LogP contribution in [0.25, 0.3) is 10.9 Å². The number of amides is 1. The number of carbonyl (C=O) groups is 1. The minimum absolute atomic E-state index is 0.276. The van der Waals surface area contributed by atoms with Gasteiger partial charge in [0.05, 0.1) is 12.5 Å². The number of aromatic amines is 1. The van der Waals surface area contributed by atoms with Gasteiger partial charge in [-0.2, -0.15) is 5.10 Å². The van der Waals surface area contributed by atoms with Crippen molar-refractivity contribution in [3.8, 4) is 0 Å². The van der Waals surface area contributed by atoms with Gasteiger partial charge in [-0.1, -0.05) is 18.2 Å². The third kappa shape index (κ3) is 2.21. The fourth-order valence-electron chi connectivity index (χ4n) is 2.08. The Morgan fingerprint density at radius 1 is 1.30 bits per heavy atom. The summed E-state index contributed by atoms with van der Waals surface area (Å²) in [6.07, 6.45) is 3.00. The van der Waals surface area contributed by atoms with Crippen molar-refractivity contribution in [1.82, 2.24) is 10.4 Å². The summed E-state index contributed by atoms with van der Waals surface area (Å²) in [5.41, 5.74) is 4.84. The molecule has 2 aromatic heterocycles. The van der Waals surface area contributed by atoms with E-state index < -0.39 is 0 Å². The van der Waals surface area contributed by atoms with E-state index in [0.29, 0.717) is 11.5 Å². The van der Waals surface area contributed by atoms with E-state index in [-0.39, 0.29) is 5.91 Å². The van der Waals surface area contributed by atoms with Gasteiger partial charge in [-0.3, -0.25) is 4.79 Å². The summed E-state index contributed by atoms with van der Waals surface area (Å²) in [4.78, 5) is 15.2. The number of H-pyrrole nitrogens is 1. The molecular formula is C15H13N3O2. The first-order valence-electron chi connectivity index (χ1n) is 6.20. The Bertz CT molecular complexity index is 770. The molecule has 2 N–H and O–H groups in total. The molecule has 0 aliphatic carbocycles. The molecule has 0 saturated carbocycles. The van der Waals surface area contributed by atoms with E-state index in [1.807, 2.05) is 31.2 Å². The Morgan fingerprint density at radius 3 is 2.90 bits per heavy atom. The number of para-hydroxylation sites is 1. The number of hydrogen-bond acceptors (Lipinski definition) is 3. The maximum atomic E-state index is 12.1. The second kappa shape index (κ2) is 5.05. The van der Waals surface area contributed by atoms with Crippen LogP contribution in [0.5, 0.6) is 0 Å². The average molecular weight is 267 g/mol. The molecule has 3 rings (SSSR count). The van der Waals surface area contributed by atoms with Gasteiger partial charge in [0.1, 0.15) is 11.5 Å². The number of aromatic nitrogens is 1. The van der Waals surface area contributed by atoms with Gasteiger partial charge in [-0.25, -0.2) is 5.43 Å². The molecule has 0 spiro atoms. The minimum Gasteiger partial charge on any atom is -0.463 e. The number of aryl methyl sites for hydroxylation is 1. The number of benzene rings is 1. The van der Waals surface area contributed by atoms with Gasteiger partial charge in [-0.05, 0) is 30.7 Å². The normalized spacial score (nSPS) is 11.2. The quantitative estimate of drug-likeness (QED) is 0.566. The smallest absolute Gasteiger partial charge is 0.288 e. The molecule has 5 nitrogen and oxygen atoms in total. The lowest BCUT2D eigenvalue weighted by atomic mass is 10.1. The van der Waals surface area contributed by atoms with Gasteiger partial charge >= 0.3 is 0 Å². The van der Waals surface area contributed by atoms with Crippen LogP contribution >= 0.6 is 0 Å². The number of fused-ring (bicyclic) bond motifs is 1. The Morgan fingerprint density at radius 2 is 2.15 bits per heavy atom. The molecular weight excluding hydrogens is 254 g/mol. The highest BCUT2D eigenvalue weighted by Crippen LogP contribution is 2.20. The highest BCUT2D eigenvalue weighted by Gasteiger charge is 2.13. The largest absolute Gasteiger partial charge is 0.463 e. The maximum Gasteiger partial charge on any atom is 0.288 e. The molecule has 100 valence electrons. The predicted octanol–water partition coefficient (Wildman–Crippen LogP) is 2.83. The van der Waals surface area contributed by atoms with E-state index in [2.05, 4.69) is 15.5 Å². The predicted molar refractivity (Wildman–Crippen MR) is 76.8 cm³/mol. The van der Waals surface area contributed by atoms with Gasteiger partial charge in [0.25, 0.3) is 5.91 Å². The lowest BCUT2D eigenvalue weighted by molar-refractivity contribution is 0.0950. The second-order valence-electron chi connectivity index (χ2n) is 4.39. The fraction of sp³-hybridized carbons (Fsp3) is 0.0667. The first-order valence-corrected chi connectivity index (χ1v) is 6.20. The van der Waals surface area contributed by atoms with Crippen molar-refractivity contribution in [2.45, 2.75) is 6.92 Å². The Kier molecular flexibility index (Phi) is 3.09. The topological polar surface area (TPSA) is 70.4 Å². The lowest BCUT2D eigenvalue weighted by Gasteiger charge is -1.97. The van der Waals surface area contributed by atoms with E-state index in [4.69, 9.17) is 4.42 Å². The molecule has 0 unspecified atom stereocenters. The van der Waals surface area contributed by atoms with Crippen molar-refractivity contribution < 1.29 is 9.21 Å². The number of nitrogens with zero attached hydrogens (tertiary/aromatic N) is 1. The molecule has 0 bridgehead atoms. The standard InChI is InChI=1S/C15H13N3O2/c1-10-12-6-2-3-7-13(12)17-14(10)15(19)18-16-9-11-5-4-8-20-11/h2-9,17H,1H3,(H,18,19). The number of hydrogen-bond donors (Lipinski definition) is 2. The summed E-state index contributed by atoms with van der Waals surface area (Å²) in [5.74, 6) is 0.306. The molecule has 0 aliphatic heterocycles. The minimum atomic E-state index is -0.276. The van der Waals surface area contributed by atoms with Crippen molar-refractivity contribution in [1.29, 1.82) is 0 Å². The van der Waals surface area contributed by atoms with Crippen LogP contribution in [-0.4, -0.2) is 17.1 Å². The molecule has 0 radical (unpaired) electrons. The van der Waals surface area contributed by atoms with Crippen LogP contribution in [0.3, 0.4) is 0 Å². The summed E-state index contributed by atoms with van der Waals surface area (Å²) >= 11 is 0. The summed E-state index contributed by atoms with van der Waals surface area (Å²) in [7, 11) is 0.